The topological polar surface area (TPSA) is 51.2 Å². The minimum Gasteiger partial charge on any atom is -0.459 e. The van der Waals surface area contributed by atoms with Crippen LogP contribution >= 0.6 is 11.8 Å². The second-order valence-electron chi connectivity index (χ2n) is 4.50. The second kappa shape index (κ2) is 5.91. The van der Waals surface area contributed by atoms with Crippen molar-refractivity contribution in [3.05, 3.63) is 18.3 Å². The van der Waals surface area contributed by atoms with Crippen LogP contribution in [-0.2, 0) is 9.53 Å². The van der Waals surface area contributed by atoms with Gasteiger partial charge in [-0.2, -0.15) is 0 Å². The Morgan fingerprint density at radius 1 is 1.53 bits per heavy atom. The van der Waals surface area contributed by atoms with Gasteiger partial charge in [0.05, 0.1) is 5.75 Å². The molecule has 0 fully saturated rings. The number of anilines is 1. The molecular formula is C12H18N2O2S. The molecule has 1 aromatic rings. The van der Waals surface area contributed by atoms with Crippen LogP contribution < -0.4 is 5.32 Å². The van der Waals surface area contributed by atoms with E-state index in [1.54, 1.807) is 6.20 Å². The molecule has 1 aromatic heterocycles. The predicted octanol–water partition coefficient (Wildman–Crippen LogP) is 2.56. The van der Waals surface area contributed by atoms with Gasteiger partial charge in [-0.1, -0.05) is 0 Å². The van der Waals surface area contributed by atoms with Gasteiger partial charge >= 0.3 is 5.97 Å². The Morgan fingerprint density at radius 2 is 2.24 bits per heavy atom. The van der Waals surface area contributed by atoms with Crippen LogP contribution in [0.5, 0.6) is 0 Å². The highest BCUT2D eigenvalue weighted by Crippen LogP contribution is 2.20. The van der Waals surface area contributed by atoms with Crippen LogP contribution in [0.3, 0.4) is 0 Å². The maximum absolute atomic E-state index is 11.5. The Kier molecular flexibility index (Phi) is 4.81. The summed E-state index contributed by atoms with van der Waals surface area (Å²) >= 11 is 1.44. The van der Waals surface area contributed by atoms with Crippen LogP contribution in [0.25, 0.3) is 0 Å². The summed E-state index contributed by atoms with van der Waals surface area (Å²) < 4.78 is 5.22. The normalized spacial score (nSPS) is 11.1. The molecule has 5 heteroatoms. The number of rotatable bonds is 4. The average molecular weight is 254 g/mol. The number of carbonyl (C=O) groups is 1. The summed E-state index contributed by atoms with van der Waals surface area (Å²) in [6.07, 6.45) is 1.71. The molecule has 1 rings (SSSR count). The molecule has 0 aliphatic heterocycles. The van der Waals surface area contributed by atoms with E-state index in [0.717, 1.165) is 10.7 Å². The van der Waals surface area contributed by atoms with Crippen LogP contribution in [0.2, 0.25) is 0 Å². The number of ether oxygens (including phenoxy) is 1. The van der Waals surface area contributed by atoms with Crippen LogP contribution in [0.15, 0.2) is 23.2 Å². The van der Waals surface area contributed by atoms with Crippen LogP contribution in [0.4, 0.5) is 5.82 Å². The summed E-state index contributed by atoms with van der Waals surface area (Å²) in [4.78, 5) is 16.6. The molecular weight excluding hydrogens is 236 g/mol. The van der Waals surface area contributed by atoms with Crippen molar-refractivity contribution in [3.8, 4) is 0 Å². The van der Waals surface area contributed by atoms with Gasteiger partial charge in [0, 0.05) is 18.1 Å². The van der Waals surface area contributed by atoms with Gasteiger partial charge < -0.3 is 10.1 Å². The first-order chi connectivity index (χ1) is 7.90. The van der Waals surface area contributed by atoms with E-state index in [-0.39, 0.29) is 5.97 Å². The second-order valence-corrected chi connectivity index (χ2v) is 5.55. The first-order valence-electron chi connectivity index (χ1n) is 5.39. The summed E-state index contributed by atoms with van der Waals surface area (Å²) in [6.45, 7) is 5.59. The minimum absolute atomic E-state index is 0.203. The van der Waals surface area contributed by atoms with E-state index in [0.29, 0.717) is 5.75 Å². The number of aromatic nitrogens is 1. The fraction of sp³-hybridized carbons (Fsp3) is 0.500. The number of thioether (sulfide) groups is 1. The molecule has 0 atom stereocenters. The molecule has 0 saturated heterocycles. The molecule has 1 N–H and O–H groups in total. The van der Waals surface area contributed by atoms with E-state index in [1.165, 1.54) is 11.8 Å². The molecule has 1 heterocycles. The van der Waals surface area contributed by atoms with Gasteiger partial charge in [-0.05, 0) is 32.9 Å². The van der Waals surface area contributed by atoms with Crippen molar-refractivity contribution in [1.82, 2.24) is 4.98 Å². The van der Waals surface area contributed by atoms with Gasteiger partial charge in [0.15, 0.2) is 0 Å². The maximum atomic E-state index is 11.5. The zero-order chi connectivity index (χ0) is 12.9. The Balaban J connectivity index is 2.47. The molecule has 0 amide bonds. The van der Waals surface area contributed by atoms with Gasteiger partial charge in [-0.15, -0.1) is 11.8 Å². The first kappa shape index (κ1) is 13.8. The van der Waals surface area contributed by atoms with Crippen molar-refractivity contribution in [3.63, 3.8) is 0 Å². The van der Waals surface area contributed by atoms with Crippen LogP contribution in [0.1, 0.15) is 20.8 Å². The number of esters is 1. The summed E-state index contributed by atoms with van der Waals surface area (Å²) in [7, 11) is 1.81. The van der Waals surface area contributed by atoms with E-state index < -0.39 is 5.60 Å². The summed E-state index contributed by atoms with van der Waals surface area (Å²) in [5.41, 5.74) is -0.425. The van der Waals surface area contributed by atoms with E-state index in [1.807, 2.05) is 40.0 Å². The van der Waals surface area contributed by atoms with E-state index >= 15 is 0 Å². The number of nitrogens with zero attached hydrogens (tertiary/aromatic N) is 1. The largest absolute Gasteiger partial charge is 0.459 e. The number of carbonyl (C=O) groups excluding carboxylic acids is 1. The summed E-state index contributed by atoms with van der Waals surface area (Å²) in [5.74, 6) is 0.897. The first-order valence-corrected chi connectivity index (χ1v) is 6.38. The smallest absolute Gasteiger partial charge is 0.316 e. The Bertz CT molecular complexity index is 388. The highest BCUT2D eigenvalue weighted by atomic mass is 32.2. The van der Waals surface area contributed by atoms with Crippen LogP contribution in [-0.4, -0.2) is 29.4 Å². The lowest BCUT2D eigenvalue weighted by Crippen LogP contribution is -2.24. The zero-order valence-electron chi connectivity index (χ0n) is 10.6. The third-order valence-electron chi connectivity index (χ3n) is 1.76. The predicted molar refractivity (Wildman–Crippen MR) is 70.4 cm³/mol. The summed E-state index contributed by atoms with van der Waals surface area (Å²) in [6, 6.07) is 3.77. The Morgan fingerprint density at radius 3 is 2.82 bits per heavy atom. The monoisotopic (exact) mass is 254 g/mol. The van der Waals surface area contributed by atoms with Crippen LogP contribution in [0, 0.1) is 0 Å². The fourth-order valence-electron chi connectivity index (χ4n) is 1.15. The van der Waals surface area contributed by atoms with Crippen molar-refractivity contribution < 1.29 is 9.53 Å². The van der Waals surface area contributed by atoms with E-state index in [9.17, 15) is 4.79 Å². The number of pyridine rings is 1. The lowest BCUT2D eigenvalue weighted by Gasteiger charge is -2.19. The molecule has 0 aliphatic carbocycles. The molecule has 0 aliphatic rings. The zero-order valence-corrected chi connectivity index (χ0v) is 11.4. The third-order valence-corrected chi connectivity index (χ3v) is 2.73. The molecule has 0 spiro atoms. The molecule has 17 heavy (non-hydrogen) atoms. The Labute approximate surface area is 106 Å². The van der Waals surface area contributed by atoms with Crippen molar-refractivity contribution >= 4 is 23.5 Å². The number of hydrogen-bond donors (Lipinski definition) is 1. The molecule has 0 radical (unpaired) electrons. The molecule has 0 unspecified atom stereocenters. The highest BCUT2D eigenvalue weighted by Gasteiger charge is 2.16. The third kappa shape index (κ3) is 5.58. The standard InChI is InChI=1S/C12H18N2O2S/c1-12(2,3)16-11(15)8-17-9-5-6-14-10(7-9)13-4/h5-7H,8H2,1-4H3,(H,13,14). The van der Waals surface area contributed by atoms with Crippen molar-refractivity contribution in [2.45, 2.75) is 31.3 Å². The van der Waals surface area contributed by atoms with Gasteiger partial charge in [-0.3, -0.25) is 4.79 Å². The molecule has 0 aromatic carbocycles. The quantitative estimate of drug-likeness (QED) is 0.661. The van der Waals surface area contributed by atoms with Crippen molar-refractivity contribution in [1.29, 1.82) is 0 Å². The van der Waals surface area contributed by atoms with Gasteiger partial charge in [0.1, 0.15) is 11.4 Å². The molecule has 0 saturated carbocycles. The molecule has 94 valence electrons. The lowest BCUT2D eigenvalue weighted by atomic mass is 10.2. The molecule has 0 bridgehead atoms. The Hall–Kier alpha value is -1.23. The van der Waals surface area contributed by atoms with E-state index in [2.05, 4.69) is 10.3 Å². The number of nitrogens with one attached hydrogen (secondary N) is 1. The number of hydrogen-bond acceptors (Lipinski definition) is 5. The fourth-order valence-corrected chi connectivity index (χ4v) is 1.85. The lowest BCUT2D eigenvalue weighted by molar-refractivity contribution is -0.151. The van der Waals surface area contributed by atoms with Gasteiger partial charge in [0.2, 0.25) is 0 Å². The van der Waals surface area contributed by atoms with Gasteiger partial charge in [-0.25, -0.2) is 4.98 Å². The highest BCUT2D eigenvalue weighted by molar-refractivity contribution is 8.00. The van der Waals surface area contributed by atoms with Crippen molar-refractivity contribution in [2.24, 2.45) is 0 Å². The van der Waals surface area contributed by atoms with Crippen molar-refractivity contribution in [2.75, 3.05) is 18.1 Å². The van der Waals surface area contributed by atoms with E-state index in [4.69, 9.17) is 4.74 Å². The average Bonchev–Trinajstić information content (AvgIpc) is 2.24. The summed E-state index contributed by atoms with van der Waals surface area (Å²) in [5, 5.41) is 2.95. The molecule has 4 nitrogen and oxygen atoms in total. The maximum Gasteiger partial charge on any atom is 0.316 e. The van der Waals surface area contributed by atoms with Gasteiger partial charge in [0.25, 0.3) is 0 Å². The SMILES string of the molecule is CNc1cc(SCC(=O)OC(C)(C)C)ccn1. The minimum atomic E-state index is -0.425.